The Hall–Kier alpha value is -1.90. The second kappa shape index (κ2) is 11.9. The Bertz CT molecular complexity index is 786. The number of hydrogen-bond acceptors (Lipinski definition) is 3. The van der Waals surface area contributed by atoms with Crippen molar-refractivity contribution >= 4 is 35.8 Å². The second-order valence-electron chi connectivity index (χ2n) is 7.29. The van der Waals surface area contributed by atoms with Crippen molar-refractivity contribution in [2.45, 2.75) is 45.7 Å². The maximum absolute atomic E-state index is 13.4. The van der Waals surface area contributed by atoms with Crippen molar-refractivity contribution in [1.82, 2.24) is 15.6 Å². The molecular weight excluding hydrogens is 480 g/mol. The van der Waals surface area contributed by atoms with Gasteiger partial charge in [0.15, 0.2) is 5.96 Å². The summed E-state index contributed by atoms with van der Waals surface area (Å²) in [5.41, 5.74) is 2.78. The van der Waals surface area contributed by atoms with E-state index in [1.54, 1.807) is 20.0 Å². The first-order chi connectivity index (χ1) is 13.7. The number of nitrogens with one attached hydrogen (secondary N) is 2. The zero-order chi connectivity index (χ0) is 19.8. The highest BCUT2D eigenvalue weighted by Gasteiger charge is 2.10. The van der Waals surface area contributed by atoms with Crippen LogP contribution in [0.25, 0.3) is 0 Å². The van der Waals surface area contributed by atoms with Crippen LogP contribution in [-0.4, -0.2) is 31.1 Å². The molecule has 1 saturated heterocycles. The normalized spacial score (nSPS) is 14.7. The molecule has 0 unspecified atom stereocenters. The van der Waals surface area contributed by atoms with Gasteiger partial charge in [0.2, 0.25) is 0 Å². The van der Waals surface area contributed by atoms with E-state index in [2.05, 4.69) is 37.6 Å². The summed E-state index contributed by atoms with van der Waals surface area (Å²) in [7, 11) is 1.74. The lowest BCUT2D eigenvalue weighted by Gasteiger charge is -2.21. The molecule has 0 radical (unpaired) electrons. The van der Waals surface area contributed by atoms with Gasteiger partial charge in [-0.1, -0.05) is 31.0 Å². The number of rotatable bonds is 5. The molecule has 29 heavy (non-hydrogen) atoms. The molecular formula is C22H31FIN5. The monoisotopic (exact) mass is 511 g/mol. The largest absolute Gasteiger partial charge is 0.357 e. The van der Waals surface area contributed by atoms with E-state index < -0.39 is 0 Å². The van der Waals surface area contributed by atoms with E-state index in [1.807, 2.05) is 12.3 Å². The van der Waals surface area contributed by atoms with Gasteiger partial charge in [-0.3, -0.25) is 4.99 Å². The molecule has 2 heterocycles. The Morgan fingerprint density at radius 2 is 1.69 bits per heavy atom. The number of aliphatic imine (C=N–C) groups is 1. The summed E-state index contributed by atoms with van der Waals surface area (Å²) in [5.74, 6) is 1.60. The van der Waals surface area contributed by atoms with Gasteiger partial charge in [0, 0.05) is 39.4 Å². The summed E-state index contributed by atoms with van der Waals surface area (Å²) in [6, 6.07) is 9.37. The fourth-order valence-electron chi connectivity index (χ4n) is 3.42. The molecule has 0 amide bonds. The highest BCUT2D eigenvalue weighted by Crippen LogP contribution is 2.17. The topological polar surface area (TPSA) is 52.6 Å². The van der Waals surface area contributed by atoms with Gasteiger partial charge in [-0.15, -0.1) is 24.0 Å². The predicted molar refractivity (Wildman–Crippen MR) is 129 cm³/mol. The number of nitrogens with zero attached hydrogens (tertiary/aromatic N) is 3. The number of hydrogen-bond donors (Lipinski definition) is 2. The van der Waals surface area contributed by atoms with Gasteiger partial charge >= 0.3 is 0 Å². The van der Waals surface area contributed by atoms with Crippen molar-refractivity contribution in [3.05, 3.63) is 59.0 Å². The SMILES string of the molecule is CN=C(NCc1ccc(N2CCCCCC2)nc1)NCc1ccc(F)c(C)c1.I. The van der Waals surface area contributed by atoms with Crippen molar-refractivity contribution in [1.29, 1.82) is 0 Å². The first-order valence-corrected chi connectivity index (χ1v) is 10.0. The summed E-state index contributed by atoms with van der Waals surface area (Å²) in [6.07, 6.45) is 7.08. The quantitative estimate of drug-likeness (QED) is 0.355. The molecule has 1 aromatic heterocycles. The number of guanidine groups is 1. The van der Waals surface area contributed by atoms with E-state index >= 15 is 0 Å². The van der Waals surface area contributed by atoms with Crippen LogP contribution in [0.4, 0.5) is 10.2 Å². The summed E-state index contributed by atoms with van der Waals surface area (Å²) >= 11 is 0. The maximum atomic E-state index is 13.4. The first-order valence-electron chi connectivity index (χ1n) is 10.0. The van der Waals surface area contributed by atoms with E-state index in [-0.39, 0.29) is 29.8 Å². The fraction of sp³-hybridized carbons (Fsp3) is 0.455. The Morgan fingerprint density at radius 3 is 2.28 bits per heavy atom. The number of aryl methyl sites for hydroxylation is 1. The van der Waals surface area contributed by atoms with Crippen LogP contribution in [0.5, 0.6) is 0 Å². The van der Waals surface area contributed by atoms with Gasteiger partial charge in [0.05, 0.1) is 0 Å². The van der Waals surface area contributed by atoms with Crippen molar-refractivity contribution < 1.29 is 4.39 Å². The maximum Gasteiger partial charge on any atom is 0.191 e. The van der Waals surface area contributed by atoms with Crippen LogP contribution in [0.15, 0.2) is 41.5 Å². The molecule has 3 rings (SSSR count). The van der Waals surface area contributed by atoms with Crippen LogP contribution in [0.3, 0.4) is 0 Å². The molecule has 0 aliphatic carbocycles. The summed E-state index contributed by atoms with van der Waals surface area (Å²) < 4.78 is 13.4. The summed E-state index contributed by atoms with van der Waals surface area (Å²) in [4.78, 5) is 11.3. The van der Waals surface area contributed by atoms with Gasteiger partial charge in [-0.2, -0.15) is 0 Å². The minimum absolute atomic E-state index is 0. The van der Waals surface area contributed by atoms with Crippen molar-refractivity contribution in [3.63, 3.8) is 0 Å². The number of halogens is 2. The smallest absolute Gasteiger partial charge is 0.191 e. The number of anilines is 1. The molecule has 1 aliphatic rings. The molecule has 1 aromatic carbocycles. The van der Waals surface area contributed by atoms with Crippen LogP contribution in [0.1, 0.15) is 42.4 Å². The highest BCUT2D eigenvalue weighted by atomic mass is 127. The van der Waals surface area contributed by atoms with Crippen LogP contribution in [-0.2, 0) is 13.1 Å². The third-order valence-corrected chi connectivity index (χ3v) is 5.11. The third-order valence-electron chi connectivity index (χ3n) is 5.11. The highest BCUT2D eigenvalue weighted by molar-refractivity contribution is 14.0. The minimum Gasteiger partial charge on any atom is -0.357 e. The molecule has 0 bridgehead atoms. The van der Waals surface area contributed by atoms with Crippen LogP contribution < -0.4 is 15.5 Å². The zero-order valence-electron chi connectivity index (χ0n) is 17.2. The first kappa shape index (κ1) is 23.4. The average molecular weight is 511 g/mol. The van der Waals surface area contributed by atoms with Crippen molar-refractivity contribution in [3.8, 4) is 0 Å². The molecule has 0 spiro atoms. The van der Waals surface area contributed by atoms with Gasteiger partial charge < -0.3 is 15.5 Å². The van der Waals surface area contributed by atoms with Crippen LogP contribution in [0.2, 0.25) is 0 Å². The van der Waals surface area contributed by atoms with E-state index in [1.165, 1.54) is 31.7 Å². The minimum atomic E-state index is -0.178. The Balaban J connectivity index is 0.00000300. The molecule has 1 fully saturated rings. The molecule has 1 aliphatic heterocycles. The van der Waals surface area contributed by atoms with Gasteiger partial charge in [0.25, 0.3) is 0 Å². The lowest BCUT2D eigenvalue weighted by molar-refractivity contribution is 0.617. The average Bonchev–Trinajstić information content (AvgIpc) is 3.01. The van der Waals surface area contributed by atoms with E-state index in [4.69, 9.17) is 0 Å². The zero-order valence-corrected chi connectivity index (χ0v) is 19.6. The van der Waals surface area contributed by atoms with Crippen molar-refractivity contribution in [2.75, 3.05) is 25.0 Å². The third kappa shape index (κ3) is 7.13. The van der Waals surface area contributed by atoms with Gasteiger partial charge in [-0.25, -0.2) is 9.37 Å². The molecule has 0 atom stereocenters. The number of aromatic nitrogens is 1. The molecule has 2 N–H and O–H groups in total. The molecule has 7 heteroatoms. The van der Waals surface area contributed by atoms with Gasteiger partial charge in [0.1, 0.15) is 11.6 Å². The van der Waals surface area contributed by atoms with E-state index in [0.717, 1.165) is 30.0 Å². The predicted octanol–water partition coefficient (Wildman–Crippen LogP) is 4.39. The van der Waals surface area contributed by atoms with Crippen molar-refractivity contribution in [2.24, 2.45) is 4.99 Å². The summed E-state index contributed by atoms with van der Waals surface area (Å²) in [5, 5.41) is 6.56. The molecule has 0 saturated carbocycles. The Labute approximate surface area is 190 Å². The second-order valence-corrected chi connectivity index (χ2v) is 7.29. The lowest BCUT2D eigenvalue weighted by atomic mass is 10.1. The molecule has 158 valence electrons. The van der Waals surface area contributed by atoms with Crippen LogP contribution >= 0.6 is 24.0 Å². The Morgan fingerprint density at radius 1 is 1.03 bits per heavy atom. The van der Waals surface area contributed by atoms with Crippen LogP contribution in [0, 0.1) is 12.7 Å². The standard InChI is InChI=1S/C22H30FN5.HI/c1-17-13-18(7-9-20(17)23)14-26-22(24-2)27-16-19-8-10-21(25-15-19)28-11-5-3-4-6-12-28;/h7-10,13,15H,3-6,11-12,14,16H2,1-2H3,(H2,24,26,27);1H. The number of pyridine rings is 1. The van der Waals surface area contributed by atoms with E-state index in [9.17, 15) is 4.39 Å². The summed E-state index contributed by atoms with van der Waals surface area (Å²) in [6.45, 7) is 5.21. The molecule has 2 aromatic rings. The number of benzene rings is 1. The lowest BCUT2D eigenvalue weighted by Crippen LogP contribution is -2.36. The Kier molecular flexibility index (Phi) is 9.63. The van der Waals surface area contributed by atoms with E-state index in [0.29, 0.717) is 24.6 Å². The molecule has 5 nitrogen and oxygen atoms in total. The van der Waals surface area contributed by atoms with Gasteiger partial charge in [-0.05, 0) is 48.6 Å². The fourth-order valence-corrected chi connectivity index (χ4v) is 3.42.